The highest BCUT2D eigenvalue weighted by Gasteiger charge is 2.24. The molecule has 0 radical (unpaired) electrons. The summed E-state index contributed by atoms with van der Waals surface area (Å²) in [5.41, 5.74) is 4.53. The average molecular weight is 449 g/mol. The van der Waals surface area contributed by atoms with Gasteiger partial charge in [-0.1, -0.05) is 13.2 Å². The number of nitrogens with one attached hydrogen (secondary N) is 1. The third kappa shape index (κ3) is 5.64. The second kappa shape index (κ2) is 10.4. The molecule has 1 atom stereocenters. The number of carbonyl (C=O) groups excluding carboxylic acids is 1. The van der Waals surface area contributed by atoms with Gasteiger partial charge in [-0.3, -0.25) is 14.5 Å². The van der Waals surface area contributed by atoms with Crippen LogP contribution in [-0.4, -0.2) is 51.9 Å². The lowest BCUT2D eigenvalue weighted by Gasteiger charge is -2.22. The molecule has 174 valence electrons. The first kappa shape index (κ1) is 24.1. The number of aliphatic imine (C=N–C) groups is 2. The first-order valence-corrected chi connectivity index (χ1v) is 11.1. The van der Waals surface area contributed by atoms with E-state index in [1.165, 1.54) is 0 Å². The number of amides is 1. The van der Waals surface area contributed by atoms with E-state index in [2.05, 4.69) is 38.5 Å². The number of aliphatic hydroxyl groups excluding tert-OH is 1. The molecule has 0 bridgehead atoms. The minimum Gasteiger partial charge on any atom is -0.391 e. The van der Waals surface area contributed by atoms with Crippen LogP contribution in [0.2, 0.25) is 0 Å². The monoisotopic (exact) mass is 448 g/mol. The zero-order valence-corrected chi connectivity index (χ0v) is 19.8. The largest absolute Gasteiger partial charge is 0.391 e. The predicted molar refractivity (Wildman–Crippen MR) is 136 cm³/mol. The maximum Gasteiger partial charge on any atom is 0.273 e. The summed E-state index contributed by atoms with van der Waals surface area (Å²) in [5, 5.41) is 18.4. The number of carbonyl (C=O) groups is 1. The van der Waals surface area contributed by atoms with Gasteiger partial charge in [-0.05, 0) is 57.9 Å². The molecular weight excluding hydrogens is 416 g/mol. The summed E-state index contributed by atoms with van der Waals surface area (Å²) in [7, 11) is 0. The summed E-state index contributed by atoms with van der Waals surface area (Å²) in [6.45, 7) is 17.3. The number of rotatable bonds is 8. The molecule has 0 unspecified atom stereocenters. The standard InChI is InChI=1S/C25H32N6O2/c1-7-26-17(4)11-16(3)18(5)28-19(6)25(33)29-22-13-23-20(14-27-31(23)8-2)12-24(22)30-10-9-21(32)15-30/h7,11-14,21,32H,3,6,8-10,15H2,1-2,4-5H3,(H,29,33)/b17-11-,26-7-,28-18+/t21-/m0/s1. The molecule has 1 saturated heterocycles. The van der Waals surface area contributed by atoms with Crippen LogP contribution < -0.4 is 10.2 Å². The molecule has 0 saturated carbocycles. The normalized spacial score (nSPS) is 17.2. The number of fused-ring (bicyclic) bond motifs is 1. The van der Waals surface area contributed by atoms with Crippen molar-refractivity contribution in [2.75, 3.05) is 23.3 Å². The number of β-amino-alcohol motifs (C(OH)–C–C–N with tert-alkyl or cyclic N) is 1. The fourth-order valence-electron chi connectivity index (χ4n) is 3.81. The first-order valence-electron chi connectivity index (χ1n) is 11.1. The molecular formula is C25H32N6O2. The molecule has 2 N–H and O–H groups in total. The molecule has 0 aliphatic carbocycles. The van der Waals surface area contributed by atoms with E-state index in [0.29, 0.717) is 43.0 Å². The Labute approximate surface area is 194 Å². The van der Waals surface area contributed by atoms with Crippen LogP contribution in [0.1, 0.15) is 34.1 Å². The third-order valence-corrected chi connectivity index (χ3v) is 5.56. The van der Waals surface area contributed by atoms with Gasteiger partial charge >= 0.3 is 0 Å². The Kier molecular flexibility index (Phi) is 7.60. The first-order chi connectivity index (χ1) is 15.7. The van der Waals surface area contributed by atoms with E-state index in [1.54, 1.807) is 19.2 Å². The van der Waals surface area contributed by atoms with Crippen molar-refractivity contribution in [2.24, 2.45) is 9.98 Å². The Balaban J connectivity index is 1.87. The van der Waals surface area contributed by atoms with Gasteiger partial charge in [0.25, 0.3) is 5.91 Å². The fraction of sp³-hybridized carbons (Fsp3) is 0.360. The fourth-order valence-corrected chi connectivity index (χ4v) is 3.81. The van der Waals surface area contributed by atoms with Crippen LogP contribution in [0.15, 0.2) is 64.5 Å². The molecule has 1 aliphatic heterocycles. The van der Waals surface area contributed by atoms with E-state index >= 15 is 0 Å². The topological polar surface area (TPSA) is 95.1 Å². The molecule has 33 heavy (non-hydrogen) atoms. The van der Waals surface area contributed by atoms with Crippen molar-refractivity contribution in [3.63, 3.8) is 0 Å². The Hall–Kier alpha value is -3.52. The Morgan fingerprint density at radius 3 is 2.76 bits per heavy atom. The van der Waals surface area contributed by atoms with E-state index in [4.69, 9.17) is 0 Å². The van der Waals surface area contributed by atoms with Gasteiger partial charge in [-0.2, -0.15) is 5.10 Å². The molecule has 3 rings (SSSR count). The summed E-state index contributed by atoms with van der Waals surface area (Å²) in [5.74, 6) is -0.405. The van der Waals surface area contributed by atoms with Crippen LogP contribution in [0.4, 0.5) is 11.4 Å². The quantitative estimate of drug-likeness (QED) is 0.361. The summed E-state index contributed by atoms with van der Waals surface area (Å²) < 4.78 is 1.88. The van der Waals surface area contributed by atoms with Crippen molar-refractivity contribution in [2.45, 2.75) is 46.8 Å². The van der Waals surface area contributed by atoms with Crippen molar-refractivity contribution in [3.8, 4) is 0 Å². The summed E-state index contributed by atoms with van der Waals surface area (Å²) in [6, 6.07) is 3.92. The highest BCUT2D eigenvalue weighted by molar-refractivity contribution is 6.10. The minimum absolute atomic E-state index is 0.0789. The van der Waals surface area contributed by atoms with E-state index in [9.17, 15) is 9.90 Å². The summed E-state index contributed by atoms with van der Waals surface area (Å²) in [6.07, 6.45) is 5.63. The van der Waals surface area contributed by atoms with Gasteiger partial charge in [0.05, 0.1) is 29.2 Å². The van der Waals surface area contributed by atoms with E-state index in [-0.39, 0.29) is 11.8 Å². The van der Waals surface area contributed by atoms with E-state index < -0.39 is 5.91 Å². The van der Waals surface area contributed by atoms with Crippen molar-refractivity contribution in [3.05, 3.63) is 54.5 Å². The van der Waals surface area contributed by atoms with Crippen LogP contribution in [0.5, 0.6) is 0 Å². The van der Waals surface area contributed by atoms with Crippen molar-refractivity contribution >= 4 is 40.1 Å². The van der Waals surface area contributed by atoms with Crippen LogP contribution in [0.25, 0.3) is 10.9 Å². The van der Waals surface area contributed by atoms with Crippen LogP contribution in [-0.2, 0) is 11.3 Å². The third-order valence-electron chi connectivity index (χ3n) is 5.56. The van der Waals surface area contributed by atoms with Crippen LogP contribution in [0, 0.1) is 0 Å². The van der Waals surface area contributed by atoms with Gasteiger partial charge in [-0.25, -0.2) is 4.99 Å². The average Bonchev–Trinajstić information content (AvgIpc) is 3.38. The number of aromatic nitrogens is 2. The molecule has 1 aromatic heterocycles. The Morgan fingerprint density at radius 2 is 2.12 bits per heavy atom. The lowest BCUT2D eigenvalue weighted by Crippen LogP contribution is -2.23. The lowest BCUT2D eigenvalue weighted by atomic mass is 10.1. The number of benzene rings is 1. The van der Waals surface area contributed by atoms with Gasteiger partial charge in [0, 0.05) is 42.6 Å². The molecule has 2 aromatic rings. The molecule has 1 aromatic carbocycles. The van der Waals surface area contributed by atoms with Gasteiger partial charge < -0.3 is 15.3 Å². The van der Waals surface area contributed by atoms with E-state index in [1.807, 2.05) is 43.8 Å². The molecule has 0 spiro atoms. The Morgan fingerprint density at radius 1 is 1.36 bits per heavy atom. The molecule has 1 aliphatic rings. The number of hydrogen-bond donors (Lipinski definition) is 2. The zero-order valence-electron chi connectivity index (χ0n) is 19.8. The Bertz CT molecular complexity index is 1170. The van der Waals surface area contributed by atoms with E-state index in [0.717, 1.165) is 22.3 Å². The zero-order chi connectivity index (χ0) is 24.1. The molecule has 1 fully saturated rings. The number of aryl methyl sites for hydroxylation is 1. The smallest absolute Gasteiger partial charge is 0.273 e. The number of allylic oxidation sites excluding steroid dienone is 3. The van der Waals surface area contributed by atoms with Crippen molar-refractivity contribution in [1.82, 2.24) is 9.78 Å². The predicted octanol–water partition coefficient (Wildman–Crippen LogP) is 4.09. The molecule has 2 heterocycles. The lowest BCUT2D eigenvalue weighted by molar-refractivity contribution is -0.112. The maximum absolute atomic E-state index is 13.0. The number of anilines is 2. The van der Waals surface area contributed by atoms with Crippen molar-refractivity contribution in [1.29, 1.82) is 0 Å². The second-order valence-electron chi connectivity index (χ2n) is 8.07. The number of nitrogens with zero attached hydrogens (tertiary/aromatic N) is 5. The molecule has 8 heteroatoms. The van der Waals surface area contributed by atoms with Crippen LogP contribution >= 0.6 is 0 Å². The number of hydrogen-bond acceptors (Lipinski definition) is 6. The highest BCUT2D eigenvalue weighted by Crippen LogP contribution is 2.34. The number of aliphatic hydroxyl groups is 1. The van der Waals surface area contributed by atoms with Gasteiger partial charge in [0.1, 0.15) is 5.70 Å². The molecule has 8 nitrogen and oxygen atoms in total. The summed E-state index contributed by atoms with van der Waals surface area (Å²) in [4.78, 5) is 23.6. The SMILES string of the molecule is C=C(/N=C(\C)C(=C)/C=C(C)\N=C/C)C(=O)Nc1cc2c(cnn2CC)cc1N1CC[C@H](O)C1. The van der Waals surface area contributed by atoms with Gasteiger partial charge in [0.15, 0.2) is 0 Å². The van der Waals surface area contributed by atoms with Crippen LogP contribution in [0.3, 0.4) is 0 Å². The highest BCUT2D eigenvalue weighted by atomic mass is 16.3. The second-order valence-corrected chi connectivity index (χ2v) is 8.07. The maximum atomic E-state index is 13.0. The van der Waals surface area contributed by atoms with Crippen molar-refractivity contribution < 1.29 is 9.90 Å². The van der Waals surface area contributed by atoms with Gasteiger partial charge in [0.2, 0.25) is 0 Å². The minimum atomic E-state index is -0.405. The summed E-state index contributed by atoms with van der Waals surface area (Å²) >= 11 is 0. The van der Waals surface area contributed by atoms with Gasteiger partial charge in [-0.15, -0.1) is 0 Å². The molecule has 1 amide bonds.